The van der Waals surface area contributed by atoms with Gasteiger partial charge in [0.15, 0.2) is 0 Å². The molecule has 29 heavy (non-hydrogen) atoms. The Morgan fingerprint density at radius 3 is 1.86 bits per heavy atom. The van der Waals surface area contributed by atoms with Crippen LogP contribution in [0.2, 0.25) is 0 Å². The molecule has 0 aliphatic rings. The SMILES string of the molecule is CCCCCCCC/C=C/CCCCCCCCNc1ccc(CC(=O)Cl)cc1. The zero-order valence-electron chi connectivity index (χ0n) is 18.6. The highest BCUT2D eigenvalue weighted by molar-refractivity contribution is 6.63. The van der Waals surface area contributed by atoms with Gasteiger partial charge in [-0.05, 0) is 61.4 Å². The lowest BCUT2D eigenvalue weighted by atomic mass is 10.1. The number of halogens is 1. The summed E-state index contributed by atoms with van der Waals surface area (Å²) in [4.78, 5) is 10.9. The summed E-state index contributed by atoms with van der Waals surface area (Å²) in [7, 11) is 0. The van der Waals surface area contributed by atoms with Crippen LogP contribution in [0.25, 0.3) is 0 Å². The van der Waals surface area contributed by atoms with Crippen molar-refractivity contribution in [3.8, 4) is 0 Å². The molecule has 0 unspecified atom stereocenters. The standard InChI is InChI=1S/C26H42ClNO/c1-2-3-4-5-6-7-8-9-10-11-12-13-14-15-16-17-22-28-25-20-18-24(19-21-25)23-26(27)29/h9-10,18-21,28H,2-8,11-17,22-23H2,1H3/b10-9+. The summed E-state index contributed by atoms with van der Waals surface area (Å²) < 4.78 is 0. The molecule has 164 valence electrons. The van der Waals surface area contributed by atoms with Crippen molar-refractivity contribution in [3.63, 3.8) is 0 Å². The van der Waals surface area contributed by atoms with E-state index in [0.29, 0.717) is 6.42 Å². The van der Waals surface area contributed by atoms with E-state index in [2.05, 4.69) is 24.4 Å². The molecule has 1 rings (SSSR count). The van der Waals surface area contributed by atoms with Crippen molar-refractivity contribution < 1.29 is 4.79 Å². The Morgan fingerprint density at radius 1 is 0.793 bits per heavy atom. The van der Waals surface area contributed by atoms with Crippen molar-refractivity contribution in [2.45, 2.75) is 103 Å². The number of anilines is 1. The normalized spacial score (nSPS) is 11.2. The van der Waals surface area contributed by atoms with Gasteiger partial charge in [0, 0.05) is 18.7 Å². The summed E-state index contributed by atoms with van der Waals surface area (Å²) in [5.74, 6) is 0. The molecule has 3 heteroatoms. The van der Waals surface area contributed by atoms with E-state index in [1.54, 1.807) is 0 Å². The number of unbranched alkanes of at least 4 members (excludes halogenated alkanes) is 12. The molecule has 0 atom stereocenters. The van der Waals surface area contributed by atoms with Crippen LogP contribution in [0.4, 0.5) is 5.69 Å². The molecule has 0 saturated heterocycles. The molecule has 1 aromatic carbocycles. The third kappa shape index (κ3) is 16.2. The highest BCUT2D eigenvalue weighted by Gasteiger charge is 1.99. The van der Waals surface area contributed by atoms with Crippen molar-refractivity contribution in [2.24, 2.45) is 0 Å². The van der Waals surface area contributed by atoms with Crippen LogP contribution in [0.3, 0.4) is 0 Å². The van der Waals surface area contributed by atoms with Gasteiger partial charge in [-0.25, -0.2) is 0 Å². The fourth-order valence-electron chi connectivity index (χ4n) is 3.51. The fraction of sp³-hybridized carbons (Fsp3) is 0.654. The third-order valence-corrected chi connectivity index (χ3v) is 5.45. The quantitative estimate of drug-likeness (QED) is 0.138. The molecule has 0 saturated carbocycles. The number of allylic oxidation sites excluding steroid dienone is 2. The minimum Gasteiger partial charge on any atom is -0.385 e. The summed E-state index contributed by atoms with van der Waals surface area (Å²) in [6.07, 6.45) is 23.8. The molecule has 1 aromatic rings. The van der Waals surface area contributed by atoms with Crippen molar-refractivity contribution in [3.05, 3.63) is 42.0 Å². The fourth-order valence-corrected chi connectivity index (χ4v) is 3.66. The predicted octanol–water partition coefficient (Wildman–Crippen LogP) is 8.44. The van der Waals surface area contributed by atoms with Crippen LogP contribution in [0.5, 0.6) is 0 Å². The first kappa shape index (κ1) is 25.8. The van der Waals surface area contributed by atoms with E-state index in [1.165, 1.54) is 89.9 Å². The second-order valence-electron chi connectivity index (χ2n) is 8.09. The van der Waals surface area contributed by atoms with Gasteiger partial charge in [0.25, 0.3) is 0 Å². The van der Waals surface area contributed by atoms with Gasteiger partial charge in [-0.15, -0.1) is 0 Å². The molecule has 0 spiro atoms. The maximum atomic E-state index is 10.9. The van der Waals surface area contributed by atoms with Crippen LogP contribution in [-0.2, 0) is 11.2 Å². The van der Waals surface area contributed by atoms with Crippen molar-refractivity contribution >= 4 is 22.5 Å². The number of carbonyl (C=O) groups excluding carboxylic acids is 1. The topological polar surface area (TPSA) is 29.1 Å². The lowest BCUT2D eigenvalue weighted by Gasteiger charge is -2.07. The van der Waals surface area contributed by atoms with Gasteiger partial charge >= 0.3 is 0 Å². The van der Waals surface area contributed by atoms with Gasteiger partial charge in [-0.1, -0.05) is 89.0 Å². The van der Waals surface area contributed by atoms with Crippen LogP contribution < -0.4 is 5.32 Å². The van der Waals surface area contributed by atoms with Crippen LogP contribution in [0, 0.1) is 0 Å². The van der Waals surface area contributed by atoms with E-state index in [1.807, 2.05) is 24.3 Å². The Balaban J connectivity index is 1.85. The van der Waals surface area contributed by atoms with E-state index >= 15 is 0 Å². The minimum atomic E-state index is -0.310. The van der Waals surface area contributed by atoms with Crippen molar-refractivity contribution in [2.75, 3.05) is 11.9 Å². The van der Waals surface area contributed by atoms with E-state index in [4.69, 9.17) is 11.6 Å². The minimum absolute atomic E-state index is 0.302. The number of nitrogens with one attached hydrogen (secondary N) is 1. The highest BCUT2D eigenvalue weighted by Crippen LogP contribution is 2.13. The Labute approximate surface area is 184 Å². The largest absolute Gasteiger partial charge is 0.385 e. The Morgan fingerprint density at radius 2 is 1.31 bits per heavy atom. The number of benzene rings is 1. The number of hydrogen-bond acceptors (Lipinski definition) is 2. The van der Waals surface area contributed by atoms with Crippen LogP contribution in [0.15, 0.2) is 36.4 Å². The predicted molar refractivity (Wildman–Crippen MR) is 129 cm³/mol. The molecule has 0 aliphatic carbocycles. The molecule has 0 radical (unpaired) electrons. The Kier molecular flexibility index (Phi) is 16.6. The van der Waals surface area contributed by atoms with Crippen molar-refractivity contribution in [1.29, 1.82) is 0 Å². The molecular formula is C26H42ClNO. The first-order chi connectivity index (χ1) is 14.2. The van der Waals surface area contributed by atoms with Gasteiger partial charge in [-0.2, -0.15) is 0 Å². The molecule has 2 nitrogen and oxygen atoms in total. The van der Waals surface area contributed by atoms with Gasteiger partial charge in [-0.3, -0.25) is 4.79 Å². The summed E-state index contributed by atoms with van der Waals surface area (Å²) in [5.41, 5.74) is 2.08. The smallest absolute Gasteiger partial charge is 0.226 e. The van der Waals surface area contributed by atoms with E-state index in [0.717, 1.165) is 17.8 Å². The maximum absolute atomic E-state index is 10.9. The van der Waals surface area contributed by atoms with Crippen LogP contribution >= 0.6 is 11.6 Å². The molecule has 0 aromatic heterocycles. The number of hydrogen-bond donors (Lipinski definition) is 1. The van der Waals surface area contributed by atoms with Crippen LogP contribution in [-0.4, -0.2) is 11.8 Å². The van der Waals surface area contributed by atoms with Crippen LogP contribution in [0.1, 0.15) is 102 Å². The molecule has 0 amide bonds. The van der Waals surface area contributed by atoms with E-state index in [9.17, 15) is 4.79 Å². The average molecular weight is 420 g/mol. The zero-order chi connectivity index (χ0) is 21.0. The molecular weight excluding hydrogens is 378 g/mol. The van der Waals surface area contributed by atoms with E-state index in [-0.39, 0.29) is 5.24 Å². The molecule has 0 heterocycles. The number of rotatable bonds is 19. The summed E-state index contributed by atoms with van der Waals surface area (Å²) in [6, 6.07) is 7.97. The summed E-state index contributed by atoms with van der Waals surface area (Å²) >= 11 is 5.41. The first-order valence-corrected chi connectivity index (χ1v) is 12.3. The van der Waals surface area contributed by atoms with Gasteiger partial charge in [0.1, 0.15) is 0 Å². The molecule has 0 fully saturated rings. The lowest BCUT2D eigenvalue weighted by molar-refractivity contribution is -0.111. The molecule has 1 N–H and O–H groups in total. The maximum Gasteiger partial charge on any atom is 0.226 e. The molecule has 0 bridgehead atoms. The monoisotopic (exact) mass is 419 g/mol. The Bertz CT molecular complexity index is 538. The zero-order valence-corrected chi connectivity index (χ0v) is 19.3. The average Bonchev–Trinajstić information content (AvgIpc) is 2.71. The first-order valence-electron chi connectivity index (χ1n) is 11.9. The lowest BCUT2D eigenvalue weighted by Crippen LogP contribution is -2.01. The Hall–Kier alpha value is -1.28. The summed E-state index contributed by atoms with van der Waals surface area (Å²) in [6.45, 7) is 3.28. The highest BCUT2D eigenvalue weighted by atomic mass is 35.5. The summed E-state index contributed by atoms with van der Waals surface area (Å²) in [5, 5.41) is 3.14. The third-order valence-electron chi connectivity index (χ3n) is 5.31. The van der Waals surface area contributed by atoms with Gasteiger partial charge in [0.05, 0.1) is 0 Å². The number of carbonyl (C=O) groups is 1. The molecule has 0 aliphatic heterocycles. The second kappa shape index (κ2) is 18.7. The van der Waals surface area contributed by atoms with Gasteiger partial charge < -0.3 is 5.32 Å². The van der Waals surface area contributed by atoms with Crippen molar-refractivity contribution in [1.82, 2.24) is 0 Å². The van der Waals surface area contributed by atoms with E-state index < -0.39 is 0 Å². The second-order valence-corrected chi connectivity index (χ2v) is 8.52. The van der Waals surface area contributed by atoms with Gasteiger partial charge in [0.2, 0.25) is 5.24 Å².